The molecular weight excluding hydrogens is 264 g/mol. The van der Waals surface area contributed by atoms with E-state index in [1.54, 1.807) is 0 Å². The minimum Gasteiger partial charge on any atom is -0.482 e. The third kappa shape index (κ3) is 5.78. The summed E-state index contributed by atoms with van der Waals surface area (Å²) in [6, 6.07) is 6.17. The molecular formula is C18H28O3. The van der Waals surface area contributed by atoms with Gasteiger partial charge in [0.2, 0.25) is 0 Å². The smallest absolute Gasteiger partial charge is 0.344 e. The van der Waals surface area contributed by atoms with Crippen LogP contribution in [-0.4, -0.2) is 19.2 Å². The van der Waals surface area contributed by atoms with E-state index in [4.69, 9.17) is 9.47 Å². The van der Waals surface area contributed by atoms with Crippen LogP contribution in [0.2, 0.25) is 0 Å². The van der Waals surface area contributed by atoms with E-state index in [-0.39, 0.29) is 18.0 Å². The highest BCUT2D eigenvalue weighted by molar-refractivity contribution is 5.71. The van der Waals surface area contributed by atoms with Crippen molar-refractivity contribution in [3.05, 3.63) is 29.3 Å². The van der Waals surface area contributed by atoms with E-state index in [2.05, 4.69) is 40.7 Å². The van der Waals surface area contributed by atoms with Gasteiger partial charge in [0.25, 0.3) is 0 Å². The van der Waals surface area contributed by atoms with Crippen molar-refractivity contribution in [3.63, 3.8) is 0 Å². The van der Waals surface area contributed by atoms with Crippen LogP contribution in [0.25, 0.3) is 0 Å². The monoisotopic (exact) mass is 292 g/mol. The van der Waals surface area contributed by atoms with Crippen LogP contribution in [0, 0.1) is 0 Å². The SMILES string of the molecule is CCCCOC(=O)COc1ccc(CC)cc1C(C)(C)C. The van der Waals surface area contributed by atoms with Crippen molar-refractivity contribution in [3.8, 4) is 5.75 Å². The maximum Gasteiger partial charge on any atom is 0.344 e. The Morgan fingerprint density at radius 2 is 1.90 bits per heavy atom. The van der Waals surface area contributed by atoms with Gasteiger partial charge < -0.3 is 9.47 Å². The van der Waals surface area contributed by atoms with Gasteiger partial charge in [-0.05, 0) is 35.4 Å². The summed E-state index contributed by atoms with van der Waals surface area (Å²) in [5.74, 6) is 0.468. The molecule has 0 N–H and O–H groups in total. The van der Waals surface area contributed by atoms with Gasteiger partial charge in [-0.2, -0.15) is 0 Å². The van der Waals surface area contributed by atoms with Gasteiger partial charge >= 0.3 is 5.97 Å². The zero-order valence-corrected chi connectivity index (χ0v) is 14.0. The lowest BCUT2D eigenvalue weighted by molar-refractivity contribution is -0.146. The molecule has 0 spiro atoms. The first kappa shape index (κ1) is 17.5. The van der Waals surface area contributed by atoms with Gasteiger partial charge in [0, 0.05) is 0 Å². The number of benzene rings is 1. The summed E-state index contributed by atoms with van der Waals surface area (Å²) in [5, 5.41) is 0. The van der Waals surface area contributed by atoms with Gasteiger partial charge in [0.15, 0.2) is 6.61 Å². The van der Waals surface area contributed by atoms with Gasteiger partial charge in [-0.25, -0.2) is 4.79 Å². The molecule has 0 saturated carbocycles. The Balaban J connectivity index is 2.72. The average molecular weight is 292 g/mol. The van der Waals surface area contributed by atoms with Crippen LogP contribution in [0.3, 0.4) is 0 Å². The first-order valence-electron chi connectivity index (χ1n) is 7.80. The van der Waals surface area contributed by atoms with Crippen LogP contribution in [0.1, 0.15) is 58.6 Å². The number of carbonyl (C=O) groups excluding carboxylic acids is 1. The number of aryl methyl sites for hydroxylation is 1. The van der Waals surface area contributed by atoms with Gasteiger partial charge in [0.05, 0.1) is 6.61 Å². The Morgan fingerprint density at radius 3 is 2.48 bits per heavy atom. The van der Waals surface area contributed by atoms with E-state index in [1.807, 2.05) is 12.1 Å². The quantitative estimate of drug-likeness (QED) is 0.556. The van der Waals surface area contributed by atoms with Crippen molar-refractivity contribution < 1.29 is 14.3 Å². The molecule has 1 aromatic carbocycles. The van der Waals surface area contributed by atoms with Crippen molar-refractivity contribution in [1.29, 1.82) is 0 Å². The maximum atomic E-state index is 11.6. The standard InChI is InChI=1S/C18H28O3/c1-6-8-11-20-17(19)13-21-16-10-9-14(7-2)12-15(16)18(3,4)5/h9-10,12H,6-8,11,13H2,1-5H3. The van der Waals surface area contributed by atoms with Crippen molar-refractivity contribution in [1.82, 2.24) is 0 Å². The second-order valence-corrected chi connectivity index (χ2v) is 6.30. The number of rotatable bonds is 7. The van der Waals surface area contributed by atoms with Crippen LogP contribution in [0.5, 0.6) is 5.75 Å². The number of unbranched alkanes of at least 4 members (excludes halogenated alkanes) is 1. The molecule has 3 heteroatoms. The Bertz CT molecular complexity index is 458. The summed E-state index contributed by atoms with van der Waals surface area (Å²) >= 11 is 0. The van der Waals surface area contributed by atoms with E-state index >= 15 is 0 Å². The number of carbonyl (C=O) groups is 1. The third-order valence-corrected chi connectivity index (χ3v) is 3.37. The molecule has 0 aliphatic carbocycles. The van der Waals surface area contributed by atoms with Crippen LogP contribution in [-0.2, 0) is 21.4 Å². The Labute approximate surface area is 128 Å². The van der Waals surface area contributed by atoms with Crippen molar-refractivity contribution in [2.45, 2.75) is 59.3 Å². The summed E-state index contributed by atoms with van der Waals surface area (Å²) in [6.07, 6.45) is 2.90. The minimum absolute atomic E-state index is 0.0212. The van der Waals surface area contributed by atoms with Crippen LogP contribution in [0.4, 0.5) is 0 Å². The summed E-state index contributed by atoms with van der Waals surface area (Å²) in [5.41, 5.74) is 2.38. The fraction of sp³-hybridized carbons (Fsp3) is 0.611. The van der Waals surface area contributed by atoms with E-state index in [0.29, 0.717) is 6.61 Å². The van der Waals surface area contributed by atoms with Crippen LogP contribution >= 0.6 is 0 Å². The predicted molar refractivity (Wildman–Crippen MR) is 85.9 cm³/mol. The van der Waals surface area contributed by atoms with Crippen molar-refractivity contribution in [2.75, 3.05) is 13.2 Å². The summed E-state index contributed by atoms with van der Waals surface area (Å²) in [4.78, 5) is 11.6. The Hall–Kier alpha value is -1.51. The zero-order chi connectivity index (χ0) is 15.9. The van der Waals surface area contributed by atoms with Crippen LogP contribution in [0.15, 0.2) is 18.2 Å². The number of esters is 1. The normalized spacial score (nSPS) is 11.3. The molecule has 0 aliphatic heterocycles. The first-order valence-corrected chi connectivity index (χ1v) is 7.80. The van der Waals surface area contributed by atoms with Crippen LogP contribution < -0.4 is 4.74 Å². The molecule has 0 aromatic heterocycles. The first-order chi connectivity index (χ1) is 9.88. The van der Waals surface area contributed by atoms with Crippen molar-refractivity contribution >= 4 is 5.97 Å². The molecule has 0 saturated heterocycles. The molecule has 3 nitrogen and oxygen atoms in total. The molecule has 1 rings (SSSR count). The predicted octanol–water partition coefficient (Wildman–Crippen LogP) is 4.27. The minimum atomic E-state index is -0.303. The number of hydrogen-bond donors (Lipinski definition) is 0. The fourth-order valence-electron chi connectivity index (χ4n) is 2.02. The fourth-order valence-corrected chi connectivity index (χ4v) is 2.02. The largest absolute Gasteiger partial charge is 0.482 e. The molecule has 0 heterocycles. The van der Waals surface area contributed by atoms with E-state index in [1.165, 1.54) is 5.56 Å². The second kappa shape index (κ2) is 8.06. The molecule has 0 amide bonds. The third-order valence-electron chi connectivity index (χ3n) is 3.37. The van der Waals surface area contributed by atoms with E-state index in [9.17, 15) is 4.79 Å². The summed E-state index contributed by atoms with van der Waals surface area (Å²) in [6.45, 7) is 11.1. The molecule has 0 atom stereocenters. The van der Waals surface area contributed by atoms with Gasteiger partial charge in [-0.15, -0.1) is 0 Å². The Morgan fingerprint density at radius 1 is 1.19 bits per heavy atom. The van der Waals surface area contributed by atoms with Crippen molar-refractivity contribution in [2.24, 2.45) is 0 Å². The molecule has 1 aromatic rings. The lowest BCUT2D eigenvalue weighted by atomic mass is 9.85. The van der Waals surface area contributed by atoms with Gasteiger partial charge in [-0.3, -0.25) is 0 Å². The van der Waals surface area contributed by atoms with Gasteiger partial charge in [-0.1, -0.05) is 53.2 Å². The number of ether oxygens (including phenoxy) is 2. The molecule has 0 radical (unpaired) electrons. The topological polar surface area (TPSA) is 35.5 Å². The highest BCUT2D eigenvalue weighted by atomic mass is 16.6. The molecule has 0 aliphatic rings. The average Bonchev–Trinajstić information content (AvgIpc) is 2.44. The zero-order valence-electron chi connectivity index (χ0n) is 14.0. The molecule has 118 valence electrons. The Kier molecular flexibility index (Phi) is 6.73. The summed E-state index contributed by atoms with van der Waals surface area (Å²) < 4.78 is 10.8. The molecule has 0 unspecified atom stereocenters. The molecule has 0 fully saturated rings. The lowest BCUT2D eigenvalue weighted by Gasteiger charge is -2.23. The van der Waals surface area contributed by atoms with Gasteiger partial charge in [0.1, 0.15) is 5.75 Å². The maximum absolute atomic E-state index is 11.6. The highest BCUT2D eigenvalue weighted by Gasteiger charge is 2.20. The van der Waals surface area contributed by atoms with E-state index < -0.39 is 0 Å². The highest BCUT2D eigenvalue weighted by Crippen LogP contribution is 2.32. The second-order valence-electron chi connectivity index (χ2n) is 6.30. The summed E-state index contributed by atoms with van der Waals surface area (Å²) in [7, 11) is 0. The molecule has 0 bridgehead atoms. The van der Waals surface area contributed by atoms with E-state index in [0.717, 1.165) is 30.6 Å². The molecule has 21 heavy (non-hydrogen) atoms. The lowest BCUT2D eigenvalue weighted by Crippen LogP contribution is -2.19. The number of hydrogen-bond acceptors (Lipinski definition) is 3.